The van der Waals surface area contributed by atoms with E-state index in [2.05, 4.69) is 12.2 Å². The molecule has 0 radical (unpaired) electrons. The molecule has 6 nitrogen and oxygen atoms in total. The minimum atomic E-state index is -1.08. The summed E-state index contributed by atoms with van der Waals surface area (Å²) in [6.07, 6.45) is 1.92. The molecule has 1 aromatic carbocycles. The molecule has 0 heterocycles. The molecule has 1 aliphatic rings. The van der Waals surface area contributed by atoms with E-state index < -0.39 is 10.9 Å². The quantitative estimate of drug-likeness (QED) is 0.632. The molecule has 2 rings (SSSR count). The van der Waals surface area contributed by atoms with Gasteiger partial charge in [0.15, 0.2) is 0 Å². The maximum Gasteiger partial charge on any atom is 0.337 e. The Morgan fingerprint density at radius 2 is 2.17 bits per heavy atom. The third kappa shape index (κ3) is 2.42. The predicted molar refractivity (Wildman–Crippen MR) is 65.9 cm³/mol. The number of nitro benzene ring substituents is 1. The maximum atomic E-state index is 11.0. The van der Waals surface area contributed by atoms with Gasteiger partial charge in [0.2, 0.25) is 0 Å². The van der Waals surface area contributed by atoms with Crippen molar-refractivity contribution in [1.82, 2.24) is 0 Å². The fourth-order valence-corrected chi connectivity index (χ4v) is 2.19. The molecule has 0 unspecified atom stereocenters. The van der Waals surface area contributed by atoms with Crippen molar-refractivity contribution >= 4 is 17.3 Å². The van der Waals surface area contributed by atoms with Gasteiger partial charge < -0.3 is 10.4 Å². The molecule has 18 heavy (non-hydrogen) atoms. The van der Waals surface area contributed by atoms with Crippen LogP contribution >= 0.6 is 0 Å². The molecule has 0 atom stereocenters. The summed E-state index contributed by atoms with van der Waals surface area (Å²) in [7, 11) is 0. The Hall–Kier alpha value is -2.11. The van der Waals surface area contributed by atoms with Gasteiger partial charge in [-0.1, -0.05) is 6.92 Å². The number of aromatic carboxylic acids is 1. The fraction of sp³-hybridized carbons (Fsp3) is 0.417. The zero-order chi connectivity index (χ0) is 13.3. The summed E-state index contributed by atoms with van der Waals surface area (Å²) < 4.78 is 0. The highest BCUT2D eigenvalue weighted by molar-refractivity contribution is 5.94. The summed E-state index contributed by atoms with van der Waals surface area (Å²) >= 11 is 0. The van der Waals surface area contributed by atoms with Crippen molar-refractivity contribution in [2.24, 2.45) is 5.92 Å². The molecule has 1 fully saturated rings. The summed E-state index contributed by atoms with van der Waals surface area (Å²) in [5.41, 5.74) is 0.295. The van der Waals surface area contributed by atoms with Gasteiger partial charge in [0.25, 0.3) is 5.69 Å². The zero-order valence-electron chi connectivity index (χ0n) is 9.92. The largest absolute Gasteiger partial charge is 0.478 e. The van der Waals surface area contributed by atoms with Crippen LogP contribution in [0.3, 0.4) is 0 Å². The first-order chi connectivity index (χ1) is 8.47. The molecule has 96 valence electrons. The van der Waals surface area contributed by atoms with E-state index in [1.165, 1.54) is 18.2 Å². The Balaban J connectivity index is 2.26. The van der Waals surface area contributed by atoms with Crippen molar-refractivity contribution in [2.45, 2.75) is 25.8 Å². The first kappa shape index (κ1) is 12.3. The van der Waals surface area contributed by atoms with Gasteiger partial charge in [-0.15, -0.1) is 0 Å². The molecule has 0 aromatic heterocycles. The molecule has 0 amide bonds. The van der Waals surface area contributed by atoms with Gasteiger partial charge in [-0.3, -0.25) is 10.1 Å². The number of hydrogen-bond acceptors (Lipinski definition) is 4. The second-order valence-corrected chi connectivity index (χ2v) is 4.71. The molecule has 0 aliphatic heterocycles. The van der Waals surface area contributed by atoms with Gasteiger partial charge in [-0.05, 0) is 24.8 Å². The Bertz CT molecular complexity index is 495. The summed E-state index contributed by atoms with van der Waals surface area (Å²) in [5, 5.41) is 22.8. The van der Waals surface area contributed by atoms with E-state index >= 15 is 0 Å². The Labute approximate surface area is 104 Å². The van der Waals surface area contributed by atoms with Crippen LogP contribution in [0.1, 0.15) is 30.1 Å². The van der Waals surface area contributed by atoms with Crippen molar-refractivity contribution in [1.29, 1.82) is 0 Å². The van der Waals surface area contributed by atoms with Crippen LogP contribution in [0, 0.1) is 16.0 Å². The topological polar surface area (TPSA) is 92.5 Å². The van der Waals surface area contributed by atoms with Crippen LogP contribution in [-0.4, -0.2) is 22.0 Å². The van der Waals surface area contributed by atoms with E-state index in [1.807, 2.05) is 0 Å². The Morgan fingerprint density at radius 1 is 1.50 bits per heavy atom. The maximum absolute atomic E-state index is 11.0. The van der Waals surface area contributed by atoms with Crippen LogP contribution in [0.2, 0.25) is 0 Å². The number of non-ortho nitro benzene ring substituents is 1. The average molecular weight is 250 g/mol. The molecule has 2 N–H and O–H groups in total. The number of benzene rings is 1. The molecule has 0 bridgehead atoms. The van der Waals surface area contributed by atoms with Gasteiger partial charge >= 0.3 is 5.97 Å². The normalized spacial score (nSPS) is 22.1. The number of nitrogens with one attached hydrogen (secondary N) is 1. The van der Waals surface area contributed by atoms with Crippen LogP contribution in [0.15, 0.2) is 18.2 Å². The highest BCUT2D eigenvalue weighted by atomic mass is 16.6. The molecule has 1 aliphatic carbocycles. The van der Waals surface area contributed by atoms with Gasteiger partial charge in [-0.25, -0.2) is 4.79 Å². The summed E-state index contributed by atoms with van der Waals surface area (Å²) in [6, 6.07) is 3.97. The molecule has 1 saturated carbocycles. The first-order valence-corrected chi connectivity index (χ1v) is 5.75. The zero-order valence-corrected chi connectivity index (χ0v) is 9.92. The monoisotopic (exact) mass is 250 g/mol. The number of rotatable bonds is 4. The first-order valence-electron chi connectivity index (χ1n) is 5.75. The molecule has 6 heteroatoms. The number of carboxylic acids is 1. The summed E-state index contributed by atoms with van der Waals surface area (Å²) in [4.78, 5) is 21.2. The summed E-state index contributed by atoms with van der Waals surface area (Å²) in [5.74, 6) is -0.464. The van der Waals surface area contributed by atoms with E-state index in [1.54, 1.807) is 0 Å². The van der Waals surface area contributed by atoms with Gasteiger partial charge in [0.1, 0.15) is 0 Å². The Kier molecular flexibility index (Phi) is 3.18. The minimum absolute atomic E-state index is 0.0696. The van der Waals surface area contributed by atoms with Crippen LogP contribution in [0.4, 0.5) is 11.4 Å². The predicted octanol–water partition coefficient (Wildman–Crippen LogP) is 2.50. The van der Waals surface area contributed by atoms with Crippen LogP contribution in [-0.2, 0) is 0 Å². The minimum Gasteiger partial charge on any atom is -0.478 e. The Morgan fingerprint density at radius 3 is 2.67 bits per heavy atom. The van der Waals surface area contributed by atoms with Crippen molar-refractivity contribution in [3.05, 3.63) is 33.9 Å². The van der Waals surface area contributed by atoms with E-state index in [0.29, 0.717) is 11.6 Å². The number of nitrogens with zero attached hydrogens (tertiary/aromatic N) is 1. The second-order valence-electron chi connectivity index (χ2n) is 4.71. The van der Waals surface area contributed by atoms with Gasteiger partial charge in [0.05, 0.1) is 16.2 Å². The van der Waals surface area contributed by atoms with Crippen molar-refractivity contribution < 1.29 is 14.8 Å². The molecule has 0 saturated heterocycles. The highest BCUT2D eigenvalue weighted by Crippen LogP contribution is 2.31. The lowest BCUT2D eigenvalue weighted by Crippen LogP contribution is -2.34. The lowest BCUT2D eigenvalue weighted by molar-refractivity contribution is -0.384. The van der Waals surface area contributed by atoms with E-state index in [0.717, 1.165) is 12.8 Å². The van der Waals surface area contributed by atoms with Crippen molar-refractivity contribution in [3.8, 4) is 0 Å². The highest BCUT2D eigenvalue weighted by Gasteiger charge is 2.27. The van der Waals surface area contributed by atoms with Gasteiger partial charge in [-0.2, -0.15) is 0 Å². The smallest absolute Gasteiger partial charge is 0.337 e. The fourth-order valence-electron chi connectivity index (χ4n) is 2.19. The molecule has 0 spiro atoms. The summed E-state index contributed by atoms with van der Waals surface area (Å²) in [6.45, 7) is 2.11. The van der Waals surface area contributed by atoms with Crippen molar-refractivity contribution in [2.75, 3.05) is 5.32 Å². The average Bonchev–Trinajstić information content (AvgIpc) is 2.26. The third-order valence-corrected chi connectivity index (χ3v) is 3.18. The van der Waals surface area contributed by atoms with E-state index in [4.69, 9.17) is 5.11 Å². The molecular formula is C12H14N2O4. The van der Waals surface area contributed by atoms with Crippen molar-refractivity contribution in [3.63, 3.8) is 0 Å². The number of hydrogen-bond donors (Lipinski definition) is 2. The van der Waals surface area contributed by atoms with Gasteiger partial charge in [0, 0.05) is 18.2 Å². The number of nitro groups is 1. The standard InChI is InChI=1S/C12H14N2O4/c1-7-4-8(5-7)13-11-6-9(14(17)18)2-3-10(11)12(15)16/h2-3,6-8,13H,4-5H2,1H3,(H,15,16). The van der Waals surface area contributed by atoms with E-state index in [9.17, 15) is 14.9 Å². The van der Waals surface area contributed by atoms with Crippen LogP contribution in [0.5, 0.6) is 0 Å². The number of anilines is 1. The number of carbonyl (C=O) groups is 1. The molecular weight excluding hydrogens is 236 g/mol. The van der Waals surface area contributed by atoms with Crippen LogP contribution in [0.25, 0.3) is 0 Å². The van der Waals surface area contributed by atoms with Crippen LogP contribution < -0.4 is 5.32 Å². The second kappa shape index (κ2) is 4.64. The number of carboxylic acid groups (broad SMARTS) is 1. The SMILES string of the molecule is CC1CC(Nc2cc([N+](=O)[O-])ccc2C(=O)O)C1. The lowest BCUT2D eigenvalue weighted by atomic mass is 9.81. The molecule has 1 aromatic rings. The lowest BCUT2D eigenvalue weighted by Gasteiger charge is -2.34. The third-order valence-electron chi connectivity index (χ3n) is 3.18. The van der Waals surface area contributed by atoms with E-state index in [-0.39, 0.29) is 17.3 Å².